The van der Waals surface area contributed by atoms with E-state index in [-0.39, 0.29) is 5.84 Å². The number of amidine groups is 1. The van der Waals surface area contributed by atoms with Gasteiger partial charge in [-0.25, -0.2) is 4.79 Å². The van der Waals surface area contributed by atoms with Crippen molar-refractivity contribution in [1.82, 2.24) is 0 Å². The van der Waals surface area contributed by atoms with Crippen LogP contribution in [0.25, 0.3) is 0 Å². The van der Waals surface area contributed by atoms with Gasteiger partial charge in [0.2, 0.25) is 0 Å². The molecule has 18 heavy (non-hydrogen) atoms. The van der Waals surface area contributed by atoms with Gasteiger partial charge in [-0.3, -0.25) is 10.3 Å². The van der Waals surface area contributed by atoms with E-state index < -0.39 is 6.09 Å². The summed E-state index contributed by atoms with van der Waals surface area (Å²) in [6.45, 7) is 4.34. The second-order valence-corrected chi connectivity index (χ2v) is 4.49. The first kappa shape index (κ1) is 14.0. The van der Waals surface area contributed by atoms with Gasteiger partial charge in [0, 0.05) is 18.3 Å². The first-order valence-corrected chi connectivity index (χ1v) is 5.76. The number of nitrogens with one attached hydrogen (secondary N) is 1. The molecule has 1 amide bonds. The maximum absolute atomic E-state index is 11.7. The molecular weight excluding hydrogens is 230 g/mol. The Labute approximate surface area is 107 Å². The predicted octanol–water partition coefficient (Wildman–Crippen LogP) is 2.20. The van der Waals surface area contributed by atoms with Crippen molar-refractivity contribution >= 4 is 17.6 Å². The predicted molar refractivity (Wildman–Crippen MR) is 72.0 cm³/mol. The molecule has 0 saturated heterocycles. The zero-order valence-corrected chi connectivity index (χ0v) is 10.9. The molecule has 0 aliphatic carbocycles. The summed E-state index contributed by atoms with van der Waals surface area (Å²) >= 11 is 0. The average molecular weight is 249 g/mol. The second-order valence-electron chi connectivity index (χ2n) is 4.49. The van der Waals surface area contributed by atoms with Gasteiger partial charge < -0.3 is 10.5 Å². The number of hydrogen-bond donors (Lipinski definition) is 2. The standard InChI is InChI=1S/C13H19N3O2/c1-9(2)8-18-13(17)16(3)11-6-4-5-10(7-11)12(14)15/h4-7,9H,8H2,1-3H3,(H3,14,15). The van der Waals surface area contributed by atoms with Crippen molar-refractivity contribution in [2.45, 2.75) is 13.8 Å². The Balaban J connectivity index is 2.77. The van der Waals surface area contributed by atoms with Crippen LogP contribution in [0.1, 0.15) is 19.4 Å². The van der Waals surface area contributed by atoms with E-state index in [4.69, 9.17) is 15.9 Å². The monoisotopic (exact) mass is 249 g/mol. The molecule has 0 heterocycles. The van der Waals surface area contributed by atoms with E-state index in [0.29, 0.717) is 23.8 Å². The highest BCUT2D eigenvalue weighted by Crippen LogP contribution is 2.15. The van der Waals surface area contributed by atoms with E-state index in [1.165, 1.54) is 4.90 Å². The van der Waals surface area contributed by atoms with E-state index in [1.807, 2.05) is 13.8 Å². The van der Waals surface area contributed by atoms with Gasteiger partial charge in [-0.05, 0) is 18.1 Å². The van der Waals surface area contributed by atoms with Crippen LogP contribution in [0.5, 0.6) is 0 Å². The number of nitrogens with zero attached hydrogens (tertiary/aromatic N) is 1. The first-order valence-electron chi connectivity index (χ1n) is 5.76. The Morgan fingerprint density at radius 1 is 1.50 bits per heavy atom. The maximum atomic E-state index is 11.7. The molecule has 0 atom stereocenters. The van der Waals surface area contributed by atoms with Gasteiger partial charge in [0.05, 0.1) is 6.61 Å². The molecular formula is C13H19N3O2. The molecule has 0 spiro atoms. The van der Waals surface area contributed by atoms with Gasteiger partial charge in [-0.2, -0.15) is 0 Å². The molecule has 0 aromatic heterocycles. The first-order chi connectivity index (χ1) is 8.41. The summed E-state index contributed by atoms with van der Waals surface area (Å²) < 4.78 is 5.12. The van der Waals surface area contributed by atoms with E-state index in [1.54, 1.807) is 31.3 Å². The summed E-state index contributed by atoms with van der Waals surface area (Å²) in [5.74, 6) is 0.270. The Hall–Kier alpha value is -2.04. The molecule has 0 fully saturated rings. The number of rotatable bonds is 4. The van der Waals surface area contributed by atoms with Crippen LogP contribution in [-0.2, 0) is 4.74 Å². The Morgan fingerprint density at radius 2 is 2.17 bits per heavy atom. The van der Waals surface area contributed by atoms with E-state index in [2.05, 4.69) is 0 Å². The summed E-state index contributed by atoms with van der Waals surface area (Å²) in [4.78, 5) is 13.1. The van der Waals surface area contributed by atoms with Crippen molar-refractivity contribution < 1.29 is 9.53 Å². The summed E-state index contributed by atoms with van der Waals surface area (Å²) in [5.41, 5.74) is 6.64. The van der Waals surface area contributed by atoms with E-state index in [9.17, 15) is 4.79 Å². The van der Waals surface area contributed by atoms with Crippen LogP contribution >= 0.6 is 0 Å². The quantitative estimate of drug-likeness (QED) is 0.634. The Kier molecular flexibility index (Phi) is 4.71. The largest absolute Gasteiger partial charge is 0.449 e. The molecule has 5 nitrogen and oxygen atoms in total. The molecule has 1 aromatic rings. The fraction of sp³-hybridized carbons (Fsp3) is 0.385. The van der Waals surface area contributed by atoms with E-state index >= 15 is 0 Å². The molecule has 5 heteroatoms. The van der Waals surface area contributed by atoms with Crippen molar-refractivity contribution in [2.75, 3.05) is 18.6 Å². The Morgan fingerprint density at radius 3 is 2.72 bits per heavy atom. The molecule has 0 aliphatic rings. The van der Waals surface area contributed by atoms with Crippen LogP contribution in [0, 0.1) is 11.3 Å². The van der Waals surface area contributed by atoms with E-state index in [0.717, 1.165) is 0 Å². The fourth-order valence-electron chi connectivity index (χ4n) is 1.32. The minimum Gasteiger partial charge on any atom is -0.449 e. The van der Waals surface area contributed by atoms with Crippen LogP contribution in [-0.4, -0.2) is 25.6 Å². The number of anilines is 1. The number of carbonyl (C=O) groups excluding carboxylic acids is 1. The minimum absolute atomic E-state index is 0.0270. The lowest BCUT2D eigenvalue weighted by Crippen LogP contribution is -2.28. The van der Waals surface area contributed by atoms with Crippen molar-refractivity contribution in [2.24, 2.45) is 11.7 Å². The van der Waals surface area contributed by atoms with Crippen LogP contribution < -0.4 is 10.6 Å². The lowest BCUT2D eigenvalue weighted by molar-refractivity contribution is 0.141. The molecule has 98 valence electrons. The molecule has 1 aromatic carbocycles. The van der Waals surface area contributed by atoms with Crippen molar-refractivity contribution in [3.05, 3.63) is 29.8 Å². The molecule has 0 unspecified atom stereocenters. The molecule has 3 N–H and O–H groups in total. The number of amides is 1. The number of nitrogen functional groups attached to an aromatic ring is 1. The number of hydrogen-bond acceptors (Lipinski definition) is 3. The van der Waals surface area contributed by atoms with Gasteiger partial charge in [-0.15, -0.1) is 0 Å². The molecule has 0 bridgehead atoms. The summed E-state index contributed by atoms with van der Waals surface area (Å²) in [6, 6.07) is 6.92. The van der Waals surface area contributed by atoms with Crippen molar-refractivity contribution in [3.8, 4) is 0 Å². The number of benzene rings is 1. The number of ether oxygens (including phenoxy) is 1. The third-order valence-corrected chi connectivity index (χ3v) is 2.36. The highest BCUT2D eigenvalue weighted by molar-refractivity contribution is 5.97. The van der Waals surface area contributed by atoms with Crippen LogP contribution in [0.2, 0.25) is 0 Å². The van der Waals surface area contributed by atoms with Gasteiger partial charge >= 0.3 is 6.09 Å². The van der Waals surface area contributed by atoms with Gasteiger partial charge in [0.15, 0.2) is 0 Å². The number of nitrogens with two attached hydrogens (primary N) is 1. The molecule has 0 saturated carbocycles. The lowest BCUT2D eigenvalue weighted by Gasteiger charge is -2.18. The maximum Gasteiger partial charge on any atom is 0.414 e. The third-order valence-electron chi connectivity index (χ3n) is 2.36. The Bertz CT molecular complexity index is 444. The fourth-order valence-corrected chi connectivity index (χ4v) is 1.32. The van der Waals surface area contributed by atoms with Crippen molar-refractivity contribution in [3.63, 3.8) is 0 Å². The van der Waals surface area contributed by atoms with Gasteiger partial charge in [-0.1, -0.05) is 26.0 Å². The molecule has 1 rings (SSSR count). The smallest absolute Gasteiger partial charge is 0.414 e. The van der Waals surface area contributed by atoms with Crippen LogP contribution in [0.15, 0.2) is 24.3 Å². The third kappa shape index (κ3) is 3.76. The van der Waals surface area contributed by atoms with Crippen molar-refractivity contribution in [1.29, 1.82) is 5.41 Å². The SMILES string of the molecule is CC(C)COC(=O)N(C)c1cccc(C(=N)N)c1. The number of carbonyl (C=O) groups is 1. The zero-order chi connectivity index (χ0) is 13.7. The summed E-state index contributed by atoms with van der Waals surface area (Å²) in [5, 5.41) is 7.36. The van der Waals surface area contributed by atoms with Crippen LogP contribution in [0.3, 0.4) is 0 Å². The normalized spacial score (nSPS) is 10.2. The second kappa shape index (κ2) is 6.05. The summed E-state index contributed by atoms with van der Waals surface area (Å²) in [7, 11) is 1.63. The zero-order valence-electron chi connectivity index (χ0n) is 10.9. The average Bonchev–Trinajstić information content (AvgIpc) is 2.35. The molecule has 0 aliphatic heterocycles. The van der Waals surface area contributed by atoms with Gasteiger partial charge in [0.25, 0.3) is 0 Å². The summed E-state index contributed by atoms with van der Waals surface area (Å²) in [6.07, 6.45) is -0.413. The minimum atomic E-state index is -0.413. The van der Waals surface area contributed by atoms with Gasteiger partial charge in [0.1, 0.15) is 5.84 Å². The lowest BCUT2D eigenvalue weighted by atomic mass is 10.2. The molecule has 0 radical (unpaired) electrons. The highest BCUT2D eigenvalue weighted by atomic mass is 16.6. The highest BCUT2D eigenvalue weighted by Gasteiger charge is 2.13. The van der Waals surface area contributed by atoms with Crippen LogP contribution in [0.4, 0.5) is 10.5 Å². The topological polar surface area (TPSA) is 79.4 Å².